The minimum atomic E-state index is -0.899. The summed E-state index contributed by atoms with van der Waals surface area (Å²) in [5.41, 5.74) is 2.75. The second-order valence-corrected chi connectivity index (χ2v) is 7.60. The van der Waals surface area contributed by atoms with Crippen LogP contribution in [-0.4, -0.2) is 52.7 Å². The predicted molar refractivity (Wildman–Crippen MR) is 106 cm³/mol. The van der Waals surface area contributed by atoms with E-state index in [-0.39, 0.29) is 0 Å². The first-order chi connectivity index (χ1) is 13.5. The highest BCUT2D eigenvalue weighted by Gasteiger charge is 2.26. The Morgan fingerprint density at radius 1 is 1.00 bits per heavy atom. The molecular weight excluding hydrogens is 360 g/mol. The smallest absolute Gasteiger partial charge is 0.161 e. The predicted octanol–water partition coefficient (Wildman–Crippen LogP) is 3.41. The van der Waals surface area contributed by atoms with Gasteiger partial charge in [-0.3, -0.25) is 4.57 Å². The van der Waals surface area contributed by atoms with E-state index in [2.05, 4.69) is 34.5 Å². The molecule has 0 amide bonds. The minimum Gasteiger partial charge on any atom is -0.355 e. The topological polar surface area (TPSA) is 37.2 Å². The number of pyridine rings is 1. The lowest BCUT2D eigenvalue weighted by atomic mass is 10.0. The molecule has 0 unspecified atom stereocenters. The Kier molecular flexibility index (Phi) is 3.94. The van der Waals surface area contributed by atoms with Crippen LogP contribution in [-0.2, 0) is 6.42 Å². The van der Waals surface area contributed by atoms with Gasteiger partial charge in [-0.15, -0.1) is 0 Å². The lowest BCUT2D eigenvalue weighted by Gasteiger charge is -2.25. The Hall–Kier alpha value is -2.80. The molecule has 0 radical (unpaired) electrons. The van der Waals surface area contributed by atoms with Gasteiger partial charge in [0.05, 0.1) is 11.0 Å². The third-order valence-corrected chi connectivity index (χ3v) is 5.61. The van der Waals surface area contributed by atoms with E-state index < -0.39 is 11.6 Å². The summed E-state index contributed by atoms with van der Waals surface area (Å²) >= 11 is 0. The van der Waals surface area contributed by atoms with Crippen LogP contribution in [0.25, 0.3) is 22.4 Å². The van der Waals surface area contributed by atoms with Gasteiger partial charge in [-0.1, -0.05) is 12.6 Å². The Morgan fingerprint density at radius 2 is 1.82 bits per heavy atom. The first-order valence-electron chi connectivity index (χ1n) is 9.50. The number of allylic oxidation sites excluding steroid dienone is 1. The molecule has 3 aromatic rings. The molecule has 0 aliphatic carbocycles. The van der Waals surface area contributed by atoms with E-state index in [0.717, 1.165) is 61.4 Å². The fourth-order valence-electron chi connectivity index (χ4n) is 4.08. The summed E-state index contributed by atoms with van der Waals surface area (Å²) in [5.74, 6) is 0.458. The quantitative estimate of drug-likeness (QED) is 0.647. The maximum Gasteiger partial charge on any atom is 0.161 e. The van der Waals surface area contributed by atoms with Gasteiger partial charge in [-0.05, 0) is 31.7 Å². The van der Waals surface area contributed by atoms with E-state index in [0.29, 0.717) is 23.3 Å². The molecule has 2 aromatic heterocycles. The zero-order valence-electron chi connectivity index (χ0n) is 15.8. The largest absolute Gasteiger partial charge is 0.355 e. The van der Waals surface area contributed by atoms with Crippen LogP contribution in [0, 0.1) is 11.6 Å². The standard InChI is InChI=1S/C21H21F2N5/c1-13-10-14-4-5-19(27-7-3-6-26(2)8-9-27)25-21(14)28-18-12-16(23)15(22)11-17(18)24-20(13)28/h4-5,11-12H,1,3,6-10H2,2H3. The summed E-state index contributed by atoms with van der Waals surface area (Å²) in [6.45, 7) is 8.02. The van der Waals surface area contributed by atoms with Crippen LogP contribution in [0.5, 0.6) is 0 Å². The van der Waals surface area contributed by atoms with E-state index in [1.54, 1.807) is 0 Å². The SMILES string of the molecule is C=C1Cc2ccc(N3CCCN(C)CC3)nc2-n2c1nc1cc(F)c(F)cc12. The second-order valence-electron chi connectivity index (χ2n) is 7.60. The van der Waals surface area contributed by atoms with Crippen LogP contribution in [0.4, 0.5) is 14.6 Å². The molecule has 0 N–H and O–H groups in total. The summed E-state index contributed by atoms with van der Waals surface area (Å²) < 4.78 is 29.5. The molecule has 144 valence electrons. The van der Waals surface area contributed by atoms with Crippen LogP contribution >= 0.6 is 0 Å². The number of benzene rings is 1. The molecule has 0 spiro atoms. The zero-order chi connectivity index (χ0) is 19.4. The van der Waals surface area contributed by atoms with E-state index in [4.69, 9.17) is 4.98 Å². The van der Waals surface area contributed by atoms with Gasteiger partial charge < -0.3 is 9.80 Å². The molecule has 28 heavy (non-hydrogen) atoms. The fraction of sp³-hybridized carbons (Fsp3) is 0.333. The van der Waals surface area contributed by atoms with Crippen LogP contribution in [0.3, 0.4) is 0 Å². The molecule has 5 nitrogen and oxygen atoms in total. The van der Waals surface area contributed by atoms with Crippen molar-refractivity contribution in [2.24, 2.45) is 0 Å². The van der Waals surface area contributed by atoms with Crippen molar-refractivity contribution >= 4 is 22.4 Å². The van der Waals surface area contributed by atoms with Crippen LogP contribution in [0.1, 0.15) is 17.8 Å². The molecule has 2 aliphatic heterocycles. The van der Waals surface area contributed by atoms with E-state index in [9.17, 15) is 8.78 Å². The van der Waals surface area contributed by atoms with Crippen molar-refractivity contribution in [3.63, 3.8) is 0 Å². The monoisotopic (exact) mass is 381 g/mol. The number of halogens is 2. The summed E-state index contributed by atoms with van der Waals surface area (Å²) in [4.78, 5) is 14.0. The van der Waals surface area contributed by atoms with E-state index in [1.807, 2.05) is 10.6 Å². The molecule has 0 atom stereocenters. The maximum atomic E-state index is 13.9. The normalized spacial score (nSPS) is 17.5. The van der Waals surface area contributed by atoms with Crippen LogP contribution < -0.4 is 4.90 Å². The lowest BCUT2D eigenvalue weighted by Crippen LogP contribution is -2.30. The zero-order valence-corrected chi connectivity index (χ0v) is 15.8. The summed E-state index contributed by atoms with van der Waals surface area (Å²) in [6.07, 6.45) is 1.70. The summed E-state index contributed by atoms with van der Waals surface area (Å²) in [5, 5.41) is 0. The molecular formula is C21H21F2N5. The Morgan fingerprint density at radius 3 is 2.68 bits per heavy atom. The third-order valence-electron chi connectivity index (χ3n) is 5.61. The van der Waals surface area contributed by atoms with Crippen molar-refractivity contribution in [2.75, 3.05) is 38.1 Å². The number of hydrogen-bond acceptors (Lipinski definition) is 4. The number of imidazole rings is 1. The number of aromatic nitrogens is 3. The van der Waals surface area contributed by atoms with Crippen molar-refractivity contribution in [1.29, 1.82) is 0 Å². The molecule has 7 heteroatoms. The van der Waals surface area contributed by atoms with Gasteiger partial charge in [0.1, 0.15) is 17.5 Å². The Labute approximate surface area is 161 Å². The summed E-state index contributed by atoms with van der Waals surface area (Å²) in [6, 6.07) is 6.43. The van der Waals surface area contributed by atoms with Crippen molar-refractivity contribution in [3.8, 4) is 5.82 Å². The summed E-state index contributed by atoms with van der Waals surface area (Å²) in [7, 11) is 2.13. The number of likely N-dealkylation sites (N-methyl/N-ethyl adjacent to an activating group) is 1. The van der Waals surface area contributed by atoms with E-state index >= 15 is 0 Å². The highest BCUT2D eigenvalue weighted by molar-refractivity contribution is 5.84. The van der Waals surface area contributed by atoms with Crippen molar-refractivity contribution in [3.05, 3.63) is 53.9 Å². The molecule has 2 aliphatic rings. The van der Waals surface area contributed by atoms with Gasteiger partial charge >= 0.3 is 0 Å². The molecule has 4 heterocycles. The van der Waals surface area contributed by atoms with Crippen molar-refractivity contribution in [2.45, 2.75) is 12.8 Å². The van der Waals surface area contributed by atoms with Gasteiger partial charge in [-0.2, -0.15) is 0 Å². The molecule has 1 saturated heterocycles. The average molecular weight is 381 g/mol. The first-order valence-corrected chi connectivity index (χ1v) is 9.50. The molecule has 5 rings (SSSR count). The lowest BCUT2D eigenvalue weighted by molar-refractivity contribution is 0.360. The average Bonchev–Trinajstić information content (AvgIpc) is 2.89. The van der Waals surface area contributed by atoms with Gasteiger partial charge in [0.2, 0.25) is 0 Å². The molecule has 1 aromatic carbocycles. The van der Waals surface area contributed by atoms with Crippen molar-refractivity contribution in [1.82, 2.24) is 19.4 Å². The minimum absolute atomic E-state index is 0.409. The van der Waals surface area contributed by atoms with E-state index in [1.165, 1.54) is 6.07 Å². The first kappa shape index (κ1) is 17.3. The van der Waals surface area contributed by atoms with Gasteiger partial charge in [0.15, 0.2) is 11.6 Å². The molecule has 0 saturated carbocycles. The third kappa shape index (κ3) is 2.69. The fourth-order valence-corrected chi connectivity index (χ4v) is 4.08. The maximum absolute atomic E-state index is 13.9. The van der Waals surface area contributed by atoms with Gasteiger partial charge in [0.25, 0.3) is 0 Å². The Balaban J connectivity index is 1.66. The number of anilines is 1. The molecule has 0 bridgehead atoms. The van der Waals surface area contributed by atoms with Gasteiger partial charge in [0, 0.05) is 43.8 Å². The van der Waals surface area contributed by atoms with Crippen LogP contribution in [0.2, 0.25) is 0 Å². The van der Waals surface area contributed by atoms with Gasteiger partial charge in [-0.25, -0.2) is 18.7 Å². The highest BCUT2D eigenvalue weighted by atomic mass is 19.2. The van der Waals surface area contributed by atoms with Crippen molar-refractivity contribution < 1.29 is 8.78 Å². The Bertz CT molecular complexity index is 1100. The molecule has 1 fully saturated rings. The second kappa shape index (κ2) is 6.38. The highest BCUT2D eigenvalue weighted by Crippen LogP contribution is 2.35. The number of nitrogens with zero attached hydrogens (tertiary/aromatic N) is 5. The number of rotatable bonds is 1. The number of fused-ring (bicyclic) bond motifs is 5. The van der Waals surface area contributed by atoms with Crippen LogP contribution in [0.15, 0.2) is 30.8 Å². The number of hydrogen-bond donors (Lipinski definition) is 0.